The van der Waals surface area contributed by atoms with E-state index in [4.69, 9.17) is 9.95 Å². The Balaban J connectivity index is 0.00000196. The van der Waals surface area contributed by atoms with E-state index in [0.717, 1.165) is 6.07 Å². The van der Waals surface area contributed by atoms with Crippen molar-refractivity contribution in [3.63, 3.8) is 0 Å². The molecule has 0 saturated carbocycles. The summed E-state index contributed by atoms with van der Waals surface area (Å²) in [6.45, 7) is 1.56. The minimum atomic E-state index is -4.37. The fourth-order valence-corrected chi connectivity index (χ4v) is 2.48. The molecule has 0 spiro atoms. The molecule has 0 unspecified atom stereocenters. The van der Waals surface area contributed by atoms with Gasteiger partial charge in [0.2, 0.25) is 5.39 Å². The molecular weight excluding hydrogens is 352 g/mol. The Morgan fingerprint density at radius 2 is 2.00 bits per heavy atom. The lowest BCUT2D eigenvalue weighted by molar-refractivity contribution is -0.00000720. The first-order valence-corrected chi connectivity index (χ1v) is 5.72. The van der Waals surface area contributed by atoms with Crippen LogP contribution in [-0.2, 0) is 10.1 Å². The van der Waals surface area contributed by atoms with Crippen molar-refractivity contribution in [1.82, 2.24) is 0 Å². The van der Waals surface area contributed by atoms with Crippen molar-refractivity contribution in [2.45, 2.75) is 11.8 Å². The molecule has 0 amide bonds. The van der Waals surface area contributed by atoms with Crippen molar-refractivity contribution >= 4 is 31.7 Å². The zero-order valence-corrected chi connectivity index (χ0v) is 11.5. The van der Waals surface area contributed by atoms with Gasteiger partial charge in [-0.3, -0.25) is 4.55 Å². The van der Waals surface area contributed by atoms with Gasteiger partial charge in [0, 0.05) is 10.0 Å². The van der Waals surface area contributed by atoms with Crippen molar-refractivity contribution in [2.75, 3.05) is 0 Å². The molecule has 82 valence electrons. The van der Waals surface area contributed by atoms with Gasteiger partial charge in [-0.25, -0.2) is 0 Å². The van der Waals surface area contributed by atoms with E-state index in [1.165, 1.54) is 0 Å². The van der Waals surface area contributed by atoms with E-state index in [9.17, 15) is 8.42 Å². The van der Waals surface area contributed by atoms with Gasteiger partial charge in [0.05, 0.1) is 0 Å². The summed E-state index contributed by atoms with van der Waals surface area (Å²) in [4.78, 5) is 2.39. The minimum Gasteiger partial charge on any atom is -1.00 e. The number of hydrogen-bond donors (Lipinski definition) is 1. The van der Waals surface area contributed by atoms with E-state index < -0.39 is 15.0 Å². The summed E-state index contributed by atoms with van der Waals surface area (Å²) in [5.41, 5.74) is 0.283. The van der Waals surface area contributed by atoms with E-state index >= 15 is 0 Å². The highest BCUT2D eigenvalue weighted by Gasteiger charge is 2.27. The maximum Gasteiger partial charge on any atom is 0.408 e. The molecule has 8 heteroatoms. The lowest BCUT2D eigenvalue weighted by Crippen LogP contribution is -3.00. The Morgan fingerprint density at radius 1 is 1.47 bits per heavy atom. The van der Waals surface area contributed by atoms with Gasteiger partial charge in [-0.15, -0.1) is 0 Å². The molecule has 0 bridgehead atoms. The molecule has 1 aromatic rings. The van der Waals surface area contributed by atoms with Gasteiger partial charge in [0.25, 0.3) is 0 Å². The summed E-state index contributed by atoms with van der Waals surface area (Å²) >= 11 is 3.07. The van der Waals surface area contributed by atoms with Gasteiger partial charge in [-0.05, 0) is 19.1 Å². The molecule has 0 aliphatic heterocycles. The third-order valence-corrected chi connectivity index (χ3v) is 2.93. The summed E-state index contributed by atoms with van der Waals surface area (Å²) in [6, 6.07) is 2.74. The Kier molecular flexibility index (Phi) is 4.86. The molecule has 5 nitrogen and oxygen atoms in total. The Morgan fingerprint density at radius 3 is 2.40 bits per heavy atom. The van der Waals surface area contributed by atoms with Crippen LogP contribution in [0.2, 0.25) is 0 Å². The molecule has 0 aliphatic rings. The van der Waals surface area contributed by atoms with E-state index in [1.54, 1.807) is 13.0 Å². The van der Waals surface area contributed by atoms with Gasteiger partial charge < -0.3 is 17.0 Å². The molecular formula is C7H6Br2N2O3S. The number of aryl methyl sites for hydroxylation is 1. The third kappa shape index (κ3) is 3.24. The quantitative estimate of drug-likeness (QED) is 0.542. The highest BCUT2D eigenvalue weighted by Crippen LogP contribution is 2.31. The minimum absolute atomic E-state index is 0. The van der Waals surface area contributed by atoms with Crippen LogP contribution in [0.5, 0.6) is 0 Å². The number of hydrogen-bond acceptors (Lipinski definition) is 3. The largest absolute Gasteiger partial charge is 1.00 e. The fraction of sp³-hybridized carbons (Fsp3) is 0.143. The molecule has 0 atom stereocenters. The molecule has 1 aromatic carbocycles. The first-order valence-electron chi connectivity index (χ1n) is 3.49. The van der Waals surface area contributed by atoms with Crippen LogP contribution in [-0.4, -0.2) is 13.0 Å². The Bertz CT molecular complexity index is 522. The van der Waals surface area contributed by atoms with E-state index in [1.807, 2.05) is 0 Å². The van der Waals surface area contributed by atoms with Crippen LogP contribution >= 0.6 is 15.9 Å². The predicted octanol–water partition coefficient (Wildman–Crippen LogP) is -0.507. The second-order valence-corrected chi connectivity index (χ2v) is 4.95. The molecule has 15 heavy (non-hydrogen) atoms. The topological polar surface area (TPSA) is 82.5 Å². The number of halogens is 2. The van der Waals surface area contributed by atoms with Crippen molar-refractivity contribution in [3.05, 3.63) is 27.1 Å². The van der Waals surface area contributed by atoms with Crippen LogP contribution in [0, 0.1) is 12.3 Å². The fourth-order valence-electron chi connectivity index (χ4n) is 1.03. The summed E-state index contributed by atoms with van der Waals surface area (Å²) in [7, 11) is -4.37. The van der Waals surface area contributed by atoms with E-state index in [2.05, 4.69) is 20.9 Å². The standard InChI is InChI=1S/C7H5BrN2O3S.BrH/c1-4-2-5(8)3-6(7(4)10-9)14(11,12)13;/h2-3H,1H3;1H. The average molecular weight is 358 g/mol. The molecule has 0 heterocycles. The maximum absolute atomic E-state index is 10.9. The van der Waals surface area contributed by atoms with Crippen molar-refractivity contribution < 1.29 is 30.0 Å². The molecule has 1 N–H and O–H groups in total. The van der Waals surface area contributed by atoms with Crippen LogP contribution in [0.25, 0.3) is 4.98 Å². The number of rotatable bonds is 1. The van der Waals surface area contributed by atoms with Crippen molar-refractivity contribution in [3.8, 4) is 0 Å². The molecule has 0 aliphatic carbocycles. The predicted molar refractivity (Wildman–Crippen MR) is 53.4 cm³/mol. The number of nitrogens with zero attached hydrogens (tertiary/aromatic N) is 2. The second-order valence-electron chi connectivity index (χ2n) is 2.64. The van der Waals surface area contributed by atoms with Gasteiger partial charge in [-0.1, -0.05) is 15.9 Å². The lowest BCUT2D eigenvalue weighted by atomic mass is 10.2. The van der Waals surface area contributed by atoms with Crippen LogP contribution < -0.4 is 17.0 Å². The summed E-state index contributed by atoms with van der Waals surface area (Å²) in [5, 5.41) is 8.59. The van der Waals surface area contributed by atoms with E-state index in [-0.39, 0.29) is 22.7 Å². The van der Waals surface area contributed by atoms with Gasteiger partial charge in [0.15, 0.2) is 9.87 Å². The normalized spacial score (nSPS) is 10.3. The summed E-state index contributed by atoms with van der Waals surface area (Å²) < 4.78 is 31.1. The van der Waals surface area contributed by atoms with Crippen LogP contribution in [0.15, 0.2) is 21.5 Å². The summed E-state index contributed by atoms with van der Waals surface area (Å²) in [5.74, 6) is 0. The van der Waals surface area contributed by atoms with Crippen LogP contribution in [0.3, 0.4) is 0 Å². The Hall–Kier alpha value is -0.490. The summed E-state index contributed by atoms with van der Waals surface area (Å²) in [6.07, 6.45) is 0. The van der Waals surface area contributed by atoms with Gasteiger partial charge >= 0.3 is 15.8 Å². The first-order chi connectivity index (χ1) is 6.36. The Labute approximate surface area is 106 Å². The van der Waals surface area contributed by atoms with Gasteiger partial charge in [-0.2, -0.15) is 8.42 Å². The second kappa shape index (κ2) is 5.03. The molecule has 0 aromatic heterocycles. The lowest BCUT2D eigenvalue weighted by Gasteiger charge is -1.96. The van der Waals surface area contributed by atoms with Gasteiger partial charge in [0.1, 0.15) is 0 Å². The first kappa shape index (κ1) is 14.5. The van der Waals surface area contributed by atoms with E-state index in [0.29, 0.717) is 10.0 Å². The third-order valence-electron chi connectivity index (χ3n) is 1.61. The van der Waals surface area contributed by atoms with Crippen LogP contribution in [0.4, 0.5) is 5.69 Å². The number of benzene rings is 1. The zero-order chi connectivity index (χ0) is 10.9. The van der Waals surface area contributed by atoms with Crippen LogP contribution in [0.1, 0.15) is 5.56 Å². The van der Waals surface area contributed by atoms with Crippen molar-refractivity contribution in [2.24, 2.45) is 0 Å². The van der Waals surface area contributed by atoms with Crippen molar-refractivity contribution in [1.29, 1.82) is 5.39 Å². The SMILES string of the molecule is Cc1cc(Br)cc(S(=O)(=O)O)c1[N+]#N.[Br-]. The molecule has 0 fully saturated rings. The monoisotopic (exact) mass is 356 g/mol. The molecule has 1 rings (SSSR count). The maximum atomic E-state index is 10.9. The number of diazo groups is 1. The molecule has 0 radical (unpaired) electrons. The average Bonchev–Trinajstić information content (AvgIpc) is 2.01. The highest BCUT2D eigenvalue weighted by atomic mass is 79.9. The molecule has 0 saturated heterocycles. The smallest absolute Gasteiger partial charge is 0.408 e. The zero-order valence-electron chi connectivity index (χ0n) is 7.48. The highest BCUT2D eigenvalue weighted by molar-refractivity contribution is 9.10.